The predicted octanol–water partition coefficient (Wildman–Crippen LogP) is 3.92. The van der Waals surface area contributed by atoms with Gasteiger partial charge in [0, 0.05) is 0 Å². The van der Waals surface area contributed by atoms with Crippen LogP contribution < -0.4 is 15.0 Å². The van der Waals surface area contributed by atoms with Crippen molar-refractivity contribution in [1.82, 2.24) is 5.32 Å². The van der Waals surface area contributed by atoms with Crippen LogP contribution in [0.3, 0.4) is 0 Å². The molecular weight excluding hydrogens is 372 g/mol. The van der Waals surface area contributed by atoms with Gasteiger partial charge in [-0.15, -0.1) is 0 Å². The van der Waals surface area contributed by atoms with Crippen LogP contribution in [-0.4, -0.2) is 23.0 Å². The summed E-state index contributed by atoms with van der Waals surface area (Å²) >= 11 is 5.27. The molecule has 1 aliphatic rings. The van der Waals surface area contributed by atoms with E-state index >= 15 is 0 Å². The minimum absolute atomic E-state index is 0.0343. The molecule has 0 radical (unpaired) electrons. The second-order valence-corrected chi connectivity index (χ2v) is 7.37. The summed E-state index contributed by atoms with van der Waals surface area (Å²) in [6, 6.07) is 13.0. The SMILES string of the molecule is Cc1ccc(C)c(N2C(=O)/C(=C/c3ccc(OC(C)C)cc3)C(=O)NC2=S)c1. The average molecular weight is 394 g/mol. The number of benzene rings is 2. The van der Waals surface area contributed by atoms with Crippen LogP contribution >= 0.6 is 12.2 Å². The molecule has 1 saturated heterocycles. The largest absolute Gasteiger partial charge is 0.491 e. The molecule has 3 rings (SSSR count). The fourth-order valence-corrected chi connectivity index (χ4v) is 3.19. The number of anilines is 1. The fourth-order valence-electron chi connectivity index (χ4n) is 2.92. The van der Waals surface area contributed by atoms with Crippen molar-refractivity contribution in [2.24, 2.45) is 0 Å². The molecule has 1 N–H and O–H groups in total. The third-order valence-corrected chi connectivity index (χ3v) is 4.55. The highest BCUT2D eigenvalue weighted by molar-refractivity contribution is 7.80. The molecule has 0 saturated carbocycles. The Morgan fingerprint density at radius 3 is 2.39 bits per heavy atom. The molecule has 2 aromatic carbocycles. The van der Waals surface area contributed by atoms with Crippen LogP contribution in [0.1, 0.15) is 30.5 Å². The van der Waals surface area contributed by atoms with Crippen LogP contribution in [0.2, 0.25) is 0 Å². The summed E-state index contributed by atoms with van der Waals surface area (Å²) < 4.78 is 5.62. The quantitative estimate of drug-likeness (QED) is 0.485. The van der Waals surface area contributed by atoms with E-state index in [1.807, 2.05) is 58.0 Å². The highest BCUT2D eigenvalue weighted by atomic mass is 32.1. The minimum Gasteiger partial charge on any atom is -0.491 e. The normalized spacial score (nSPS) is 16.0. The van der Waals surface area contributed by atoms with Crippen LogP contribution in [0, 0.1) is 13.8 Å². The van der Waals surface area contributed by atoms with Gasteiger partial charge in [0.2, 0.25) is 0 Å². The summed E-state index contributed by atoms with van der Waals surface area (Å²) in [5.74, 6) is -0.209. The van der Waals surface area contributed by atoms with E-state index in [1.54, 1.807) is 18.2 Å². The number of carbonyl (C=O) groups excluding carboxylic acids is 2. The van der Waals surface area contributed by atoms with Crippen molar-refractivity contribution in [3.63, 3.8) is 0 Å². The molecule has 0 aliphatic carbocycles. The smallest absolute Gasteiger partial charge is 0.270 e. The van der Waals surface area contributed by atoms with Gasteiger partial charge in [-0.3, -0.25) is 19.8 Å². The van der Waals surface area contributed by atoms with E-state index < -0.39 is 11.8 Å². The second-order valence-electron chi connectivity index (χ2n) is 6.98. The maximum absolute atomic E-state index is 13.1. The van der Waals surface area contributed by atoms with Crippen molar-refractivity contribution in [1.29, 1.82) is 0 Å². The first-order valence-corrected chi connectivity index (χ1v) is 9.42. The van der Waals surface area contributed by atoms with Gasteiger partial charge in [0.15, 0.2) is 5.11 Å². The van der Waals surface area contributed by atoms with Gasteiger partial charge in [0.05, 0.1) is 11.8 Å². The molecule has 0 spiro atoms. The van der Waals surface area contributed by atoms with Gasteiger partial charge in [-0.05, 0) is 80.9 Å². The monoisotopic (exact) mass is 394 g/mol. The topological polar surface area (TPSA) is 58.6 Å². The van der Waals surface area contributed by atoms with Gasteiger partial charge in [-0.1, -0.05) is 24.3 Å². The predicted molar refractivity (Wildman–Crippen MR) is 114 cm³/mol. The lowest BCUT2D eigenvalue weighted by Gasteiger charge is -2.30. The number of amides is 2. The summed E-state index contributed by atoms with van der Waals surface area (Å²) in [5.41, 5.74) is 3.32. The Bertz CT molecular complexity index is 978. The Labute approximate surface area is 170 Å². The second kappa shape index (κ2) is 7.94. The van der Waals surface area contributed by atoms with Crippen molar-refractivity contribution in [2.75, 3.05) is 4.90 Å². The molecule has 2 aromatic rings. The van der Waals surface area contributed by atoms with E-state index in [0.29, 0.717) is 5.69 Å². The third-order valence-electron chi connectivity index (χ3n) is 4.27. The molecule has 0 unspecified atom stereocenters. The summed E-state index contributed by atoms with van der Waals surface area (Å²) in [6.45, 7) is 7.74. The molecule has 28 heavy (non-hydrogen) atoms. The summed E-state index contributed by atoms with van der Waals surface area (Å²) in [7, 11) is 0. The van der Waals surface area contributed by atoms with Crippen LogP contribution in [0.4, 0.5) is 5.69 Å². The first-order valence-electron chi connectivity index (χ1n) is 9.01. The molecule has 0 aromatic heterocycles. The number of thiocarbonyl (C=S) groups is 1. The lowest BCUT2D eigenvalue weighted by Crippen LogP contribution is -2.54. The van der Waals surface area contributed by atoms with Gasteiger partial charge in [-0.2, -0.15) is 0 Å². The van der Waals surface area contributed by atoms with Gasteiger partial charge in [-0.25, -0.2) is 0 Å². The number of carbonyl (C=O) groups is 2. The fraction of sp³-hybridized carbons (Fsp3) is 0.227. The van der Waals surface area contributed by atoms with Crippen molar-refractivity contribution in [2.45, 2.75) is 33.8 Å². The first kappa shape index (κ1) is 19.8. The summed E-state index contributed by atoms with van der Waals surface area (Å²) in [5, 5.41) is 2.70. The van der Waals surface area contributed by atoms with Crippen molar-refractivity contribution in [3.05, 3.63) is 64.7 Å². The zero-order chi connectivity index (χ0) is 20.4. The lowest BCUT2D eigenvalue weighted by atomic mass is 10.0. The number of hydrogen-bond donors (Lipinski definition) is 1. The Balaban J connectivity index is 1.95. The van der Waals surface area contributed by atoms with Crippen LogP contribution in [0.5, 0.6) is 5.75 Å². The Kier molecular flexibility index (Phi) is 5.61. The number of ether oxygens (including phenoxy) is 1. The number of nitrogens with one attached hydrogen (secondary N) is 1. The maximum Gasteiger partial charge on any atom is 0.270 e. The molecule has 144 valence electrons. The highest BCUT2D eigenvalue weighted by Gasteiger charge is 2.35. The van der Waals surface area contributed by atoms with Crippen LogP contribution in [0.15, 0.2) is 48.0 Å². The molecule has 5 nitrogen and oxygen atoms in total. The van der Waals surface area contributed by atoms with E-state index in [-0.39, 0.29) is 16.8 Å². The minimum atomic E-state index is -0.501. The van der Waals surface area contributed by atoms with E-state index in [9.17, 15) is 9.59 Å². The first-order chi connectivity index (χ1) is 13.3. The van der Waals surface area contributed by atoms with E-state index in [0.717, 1.165) is 22.4 Å². The van der Waals surface area contributed by atoms with Crippen LogP contribution in [-0.2, 0) is 9.59 Å². The average Bonchev–Trinajstić information content (AvgIpc) is 2.62. The Hall–Kier alpha value is -2.99. The van der Waals surface area contributed by atoms with Gasteiger partial charge >= 0.3 is 0 Å². The van der Waals surface area contributed by atoms with E-state index in [2.05, 4.69) is 5.32 Å². The number of aryl methyl sites for hydroxylation is 2. The molecule has 0 atom stereocenters. The van der Waals surface area contributed by atoms with Crippen molar-refractivity contribution >= 4 is 40.9 Å². The Morgan fingerprint density at radius 1 is 1.07 bits per heavy atom. The van der Waals surface area contributed by atoms with Gasteiger partial charge in [0.25, 0.3) is 11.8 Å². The van der Waals surface area contributed by atoms with Gasteiger partial charge < -0.3 is 4.74 Å². The molecule has 0 bridgehead atoms. The molecule has 1 heterocycles. The number of rotatable bonds is 4. The molecule has 1 fully saturated rings. The molecular formula is C22H22N2O3S. The standard InChI is InChI=1S/C22H22N2O3S/c1-13(2)27-17-9-7-16(8-10-17)12-18-20(25)23-22(28)24(21(18)26)19-11-14(3)5-6-15(19)4/h5-13H,1-4H3,(H,23,25,28)/b18-12+. The Morgan fingerprint density at radius 2 is 1.75 bits per heavy atom. The maximum atomic E-state index is 13.1. The van der Waals surface area contributed by atoms with Gasteiger partial charge in [0.1, 0.15) is 11.3 Å². The van der Waals surface area contributed by atoms with E-state index in [4.69, 9.17) is 17.0 Å². The molecule has 2 amide bonds. The van der Waals surface area contributed by atoms with Crippen molar-refractivity contribution in [3.8, 4) is 5.75 Å². The highest BCUT2D eigenvalue weighted by Crippen LogP contribution is 2.26. The lowest BCUT2D eigenvalue weighted by molar-refractivity contribution is -0.122. The van der Waals surface area contributed by atoms with Crippen LogP contribution in [0.25, 0.3) is 6.08 Å². The summed E-state index contributed by atoms with van der Waals surface area (Å²) in [6.07, 6.45) is 1.64. The number of hydrogen-bond acceptors (Lipinski definition) is 4. The van der Waals surface area contributed by atoms with Crippen molar-refractivity contribution < 1.29 is 14.3 Å². The number of nitrogens with zero attached hydrogens (tertiary/aromatic N) is 1. The third kappa shape index (κ3) is 4.12. The molecule has 6 heteroatoms. The molecule has 1 aliphatic heterocycles. The van der Waals surface area contributed by atoms with E-state index in [1.165, 1.54) is 4.90 Å². The summed E-state index contributed by atoms with van der Waals surface area (Å²) in [4.78, 5) is 26.9. The zero-order valence-corrected chi connectivity index (χ0v) is 17.1. The zero-order valence-electron chi connectivity index (χ0n) is 16.3.